The minimum absolute atomic E-state index is 0.179. The Labute approximate surface area is 124 Å². The second kappa shape index (κ2) is 6.01. The van der Waals surface area contributed by atoms with Gasteiger partial charge in [-0.05, 0) is 37.3 Å². The quantitative estimate of drug-likeness (QED) is 0.869. The minimum atomic E-state index is -0.980. The van der Waals surface area contributed by atoms with Crippen LogP contribution >= 0.6 is 11.6 Å². The van der Waals surface area contributed by atoms with Gasteiger partial charge in [0.1, 0.15) is 11.6 Å². The van der Waals surface area contributed by atoms with Gasteiger partial charge in [0.25, 0.3) is 5.91 Å². The molecule has 2 aromatic rings. The lowest BCUT2D eigenvalue weighted by molar-refractivity contribution is 0.100. The van der Waals surface area contributed by atoms with Gasteiger partial charge in [0.2, 0.25) is 0 Å². The van der Waals surface area contributed by atoms with Crippen LogP contribution in [0.3, 0.4) is 0 Å². The Morgan fingerprint density at radius 3 is 2.43 bits per heavy atom. The molecule has 2 rings (SSSR count). The Kier molecular flexibility index (Phi) is 4.33. The molecule has 1 N–H and O–H groups in total. The van der Waals surface area contributed by atoms with Crippen LogP contribution in [0.4, 0.5) is 14.5 Å². The first-order valence-electron chi connectivity index (χ1n) is 5.95. The molecule has 0 bridgehead atoms. The van der Waals surface area contributed by atoms with Gasteiger partial charge >= 0.3 is 0 Å². The molecule has 0 radical (unpaired) electrons. The van der Waals surface area contributed by atoms with E-state index in [1.54, 1.807) is 0 Å². The van der Waals surface area contributed by atoms with Gasteiger partial charge in [-0.25, -0.2) is 8.78 Å². The van der Waals surface area contributed by atoms with Crippen molar-refractivity contribution < 1.29 is 18.4 Å². The summed E-state index contributed by atoms with van der Waals surface area (Å²) < 4.78 is 26.3. The van der Waals surface area contributed by atoms with Crippen molar-refractivity contribution in [1.29, 1.82) is 0 Å². The van der Waals surface area contributed by atoms with E-state index in [2.05, 4.69) is 5.32 Å². The summed E-state index contributed by atoms with van der Waals surface area (Å²) in [6.07, 6.45) is 0. The minimum Gasteiger partial charge on any atom is -0.321 e. The van der Waals surface area contributed by atoms with Crippen molar-refractivity contribution in [3.8, 4) is 0 Å². The molecule has 21 heavy (non-hydrogen) atoms. The zero-order valence-electron chi connectivity index (χ0n) is 10.9. The Balaban J connectivity index is 2.31. The van der Waals surface area contributed by atoms with Crippen molar-refractivity contribution in [3.05, 3.63) is 64.2 Å². The van der Waals surface area contributed by atoms with Gasteiger partial charge < -0.3 is 5.32 Å². The van der Waals surface area contributed by atoms with E-state index in [1.165, 1.54) is 25.1 Å². The molecule has 0 unspecified atom stereocenters. The number of anilines is 1. The van der Waals surface area contributed by atoms with Crippen LogP contribution in [-0.4, -0.2) is 11.7 Å². The molecule has 2 aromatic carbocycles. The first kappa shape index (κ1) is 15.1. The van der Waals surface area contributed by atoms with Crippen molar-refractivity contribution >= 4 is 29.0 Å². The average Bonchev–Trinajstić information content (AvgIpc) is 2.40. The Morgan fingerprint density at radius 2 is 1.81 bits per heavy atom. The molecule has 108 valence electrons. The fourth-order valence-corrected chi connectivity index (χ4v) is 1.87. The van der Waals surface area contributed by atoms with Crippen molar-refractivity contribution in [2.24, 2.45) is 0 Å². The van der Waals surface area contributed by atoms with E-state index in [-0.39, 0.29) is 22.1 Å². The lowest BCUT2D eigenvalue weighted by Gasteiger charge is -2.09. The standard InChI is InChI=1S/C15H10ClF2NO2/c1-8(20)9-2-5-12(16)14(6-9)19-15(21)11-4-3-10(17)7-13(11)18/h2-7H,1H3,(H,19,21). The molecule has 0 aliphatic heterocycles. The van der Waals surface area contributed by atoms with Crippen LogP contribution in [0.25, 0.3) is 0 Å². The maximum Gasteiger partial charge on any atom is 0.258 e. The van der Waals surface area contributed by atoms with E-state index in [1.807, 2.05) is 0 Å². The van der Waals surface area contributed by atoms with Gasteiger partial charge in [-0.1, -0.05) is 11.6 Å². The molecular formula is C15H10ClF2NO2. The van der Waals surface area contributed by atoms with Crippen LogP contribution in [0.15, 0.2) is 36.4 Å². The summed E-state index contributed by atoms with van der Waals surface area (Å²) in [4.78, 5) is 23.3. The molecule has 0 aromatic heterocycles. The van der Waals surface area contributed by atoms with E-state index >= 15 is 0 Å². The first-order chi connectivity index (χ1) is 9.88. The highest BCUT2D eigenvalue weighted by Gasteiger charge is 2.14. The number of rotatable bonds is 3. The van der Waals surface area contributed by atoms with Crippen LogP contribution in [0.5, 0.6) is 0 Å². The number of hydrogen-bond acceptors (Lipinski definition) is 2. The van der Waals surface area contributed by atoms with Crippen molar-refractivity contribution in [1.82, 2.24) is 0 Å². The number of halogens is 3. The summed E-state index contributed by atoms with van der Waals surface area (Å²) in [7, 11) is 0. The number of hydrogen-bond donors (Lipinski definition) is 1. The van der Waals surface area contributed by atoms with Crippen molar-refractivity contribution in [3.63, 3.8) is 0 Å². The molecule has 0 atom stereocenters. The average molecular weight is 310 g/mol. The maximum absolute atomic E-state index is 13.5. The summed E-state index contributed by atoms with van der Waals surface area (Å²) in [5.41, 5.74) is 0.216. The molecule has 0 saturated heterocycles. The number of benzene rings is 2. The van der Waals surface area contributed by atoms with Gasteiger partial charge in [-0.3, -0.25) is 9.59 Å². The first-order valence-corrected chi connectivity index (χ1v) is 6.33. The molecule has 0 aliphatic rings. The molecule has 0 fully saturated rings. The van der Waals surface area contributed by atoms with E-state index < -0.39 is 17.5 Å². The third-order valence-electron chi connectivity index (χ3n) is 2.80. The Morgan fingerprint density at radius 1 is 1.10 bits per heavy atom. The number of carbonyl (C=O) groups excluding carboxylic acids is 2. The van der Waals surface area contributed by atoms with Gasteiger partial charge in [0.15, 0.2) is 5.78 Å². The number of ketones is 1. The molecule has 0 heterocycles. The summed E-state index contributed by atoms with van der Waals surface area (Å²) in [6.45, 7) is 1.37. The topological polar surface area (TPSA) is 46.2 Å². The fraction of sp³-hybridized carbons (Fsp3) is 0.0667. The molecular weight excluding hydrogens is 300 g/mol. The summed E-state index contributed by atoms with van der Waals surface area (Å²) >= 11 is 5.92. The Bertz CT molecular complexity index is 732. The van der Waals surface area contributed by atoms with Crippen molar-refractivity contribution in [2.75, 3.05) is 5.32 Å². The molecule has 1 amide bonds. The van der Waals surface area contributed by atoms with E-state index in [4.69, 9.17) is 11.6 Å². The van der Waals surface area contributed by atoms with Crippen LogP contribution in [0.1, 0.15) is 27.6 Å². The maximum atomic E-state index is 13.5. The van der Waals surface area contributed by atoms with Crippen LogP contribution in [0, 0.1) is 11.6 Å². The fourth-order valence-electron chi connectivity index (χ4n) is 1.70. The summed E-state index contributed by atoms with van der Waals surface area (Å²) in [5, 5.41) is 2.60. The summed E-state index contributed by atoms with van der Waals surface area (Å²) in [5.74, 6) is -2.74. The zero-order valence-corrected chi connectivity index (χ0v) is 11.7. The summed E-state index contributed by atoms with van der Waals surface area (Å²) in [6, 6.07) is 6.98. The molecule has 0 aliphatic carbocycles. The predicted octanol–water partition coefficient (Wildman–Crippen LogP) is 4.07. The number of Topliss-reactive ketones (excluding diaryl/α,β-unsaturated/α-hetero) is 1. The SMILES string of the molecule is CC(=O)c1ccc(Cl)c(NC(=O)c2ccc(F)cc2F)c1. The van der Waals surface area contributed by atoms with E-state index in [0.717, 1.165) is 12.1 Å². The van der Waals surface area contributed by atoms with Crippen molar-refractivity contribution in [2.45, 2.75) is 6.92 Å². The van der Waals surface area contributed by atoms with Crippen LogP contribution in [0.2, 0.25) is 5.02 Å². The highest BCUT2D eigenvalue weighted by Crippen LogP contribution is 2.24. The number of nitrogens with one attached hydrogen (secondary N) is 1. The molecule has 0 saturated carbocycles. The monoisotopic (exact) mass is 309 g/mol. The van der Waals surface area contributed by atoms with Gasteiger partial charge in [-0.15, -0.1) is 0 Å². The van der Waals surface area contributed by atoms with Gasteiger partial charge in [0.05, 0.1) is 16.3 Å². The largest absolute Gasteiger partial charge is 0.321 e. The van der Waals surface area contributed by atoms with Crippen LogP contribution < -0.4 is 5.32 Å². The zero-order chi connectivity index (χ0) is 15.6. The smallest absolute Gasteiger partial charge is 0.258 e. The predicted molar refractivity (Wildman–Crippen MR) is 75.8 cm³/mol. The highest BCUT2D eigenvalue weighted by molar-refractivity contribution is 6.34. The highest BCUT2D eigenvalue weighted by atomic mass is 35.5. The second-order valence-corrected chi connectivity index (χ2v) is 4.74. The molecule has 0 spiro atoms. The Hall–Kier alpha value is -2.27. The normalized spacial score (nSPS) is 10.3. The van der Waals surface area contributed by atoms with E-state index in [0.29, 0.717) is 11.6 Å². The third kappa shape index (κ3) is 3.44. The van der Waals surface area contributed by atoms with Crippen LogP contribution in [-0.2, 0) is 0 Å². The number of amides is 1. The molecule has 3 nitrogen and oxygen atoms in total. The number of carbonyl (C=O) groups is 2. The van der Waals surface area contributed by atoms with E-state index in [9.17, 15) is 18.4 Å². The lowest BCUT2D eigenvalue weighted by atomic mass is 10.1. The third-order valence-corrected chi connectivity index (χ3v) is 3.13. The molecule has 6 heteroatoms. The van der Waals surface area contributed by atoms with Gasteiger partial charge in [0, 0.05) is 11.6 Å². The lowest BCUT2D eigenvalue weighted by Crippen LogP contribution is -2.14. The second-order valence-electron chi connectivity index (χ2n) is 4.33. The van der Waals surface area contributed by atoms with Gasteiger partial charge in [-0.2, -0.15) is 0 Å².